The van der Waals surface area contributed by atoms with Crippen LogP contribution >= 0.6 is 0 Å². The fourth-order valence-electron chi connectivity index (χ4n) is 1.70. The number of rotatable bonds is 6. The van der Waals surface area contributed by atoms with Gasteiger partial charge in [-0.3, -0.25) is 0 Å². The second kappa shape index (κ2) is 6.97. The van der Waals surface area contributed by atoms with E-state index in [2.05, 4.69) is 6.58 Å². The Kier molecular flexibility index (Phi) is 5.59. The van der Waals surface area contributed by atoms with E-state index in [1.165, 1.54) is 0 Å². The Labute approximate surface area is 108 Å². The molecule has 1 atom stereocenters. The van der Waals surface area contributed by atoms with Crippen LogP contribution in [0.2, 0.25) is 0 Å². The zero-order valence-corrected chi connectivity index (χ0v) is 11.0. The normalized spacial score (nSPS) is 11.9. The van der Waals surface area contributed by atoms with E-state index < -0.39 is 0 Å². The molecule has 1 aromatic carbocycles. The van der Waals surface area contributed by atoms with Crippen LogP contribution in [0.15, 0.2) is 36.4 Å². The molecule has 0 aliphatic heterocycles. The monoisotopic (exact) mass is 248 g/mol. The third-order valence-electron chi connectivity index (χ3n) is 2.59. The highest BCUT2D eigenvalue weighted by Gasteiger charge is 2.07. The lowest BCUT2D eigenvalue weighted by Gasteiger charge is -2.11. The Morgan fingerprint density at radius 2 is 2.00 bits per heavy atom. The SMILES string of the molecule is C=C(C)C(=O)OCCc1ccccc1CC(C)O. The number of aliphatic hydroxyl groups excluding tert-OH is 1. The van der Waals surface area contributed by atoms with E-state index in [0.717, 1.165) is 11.1 Å². The van der Waals surface area contributed by atoms with Gasteiger partial charge in [-0.25, -0.2) is 4.79 Å². The molecular weight excluding hydrogens is 228 g/mol. The minimum atomic E-state index is -0.371. The lowest BCUT2D eigenvalue weighted by molar-refractivity contribution is -0.138. The van der Waals surface area contributed by atoms with Gasteiger partial charge in [-0.1, -0.05) is 30.8 Å². The average molecular weight is 248 g/mol. The maximum Gasteiger partial charge on any atom is 0.333 e. The first-order valence-corrected chi connectivity index (χ1v) is 6.08. The predicted octanol–water partition coefficient (Wildman–Crippen LogP) is 2.27. The van der Waals surface area contributed by atoms with Crippen molar-refractivity contribution in [2.45, 2.75) is 32.8 Å². The summed E-state index contributed by atoms with van der Waals surface area (Å²) < 4.78 is 5.07. The summed E-state index contributed by atoms with van der Waals surface area (Å²) in [4.78, 5) is 11.2. The highest BCUT2D eigenvalue weighted by atomic mass is 16.5. The van der Waals surface area contributed by atoms with Gasteiger partial charge in [-0.05, 0) is 31.4 Å². The lowest BCUT2D eigenvalue weighted by atomic mass is 10.0. The second-order valence-electron chi connectivity index (χ2n) is 4.49. The van der Waals surface area contributed by atoms with Crippen LogP contribution in [0.4, 0.5) is 0 Å². The summed E-state index contributed by atoms with van der Waals surface area (Å²) in [5.74, 6) is -0.358. The van der Waals surface area contributed by atoms with Crippen LogP contribution in [0.5, 0.6) is 0 Å². The van der Waals surface area contributed by atoms with Gasteiger partial charge in [-0.2, -0.15) is 0 Å². The van der Waals surface area contributed by atoms with Gasteiger partial charge in [-0.15, -0.1) is 0 Å². The Balaban J connectivity index is 2.56. The van der Waals surface area contributed by atoms with Crippen molar-refractivity contribution in [3.63, 3.8) is 0 Å². The van der Waals surface area contributed by atoms with Crippen molar-refractivity contribution in [1.82, 2.24) is 0 Å². The minimum Gasteiger partial charge on any atom is -0.462 e. The van der Waals surface area contributed by atoms with Crippen LogP contribution in [0, 0.1) is 0 Å². The predicted molar refractivity (Wildman–Crippen MR) is 71.3 cm³/mol. The maximum absolute atomic E-state index is 11.2. The molecule has 18 heavy (non-hydrogen) atoms. The summed E-state index contributed by atoms with van der Waals surface area (Å²) in [6.45, 7) is 7.26. The van der Waals surface area contributed by atoms with Crippen LogP contribution in [0.25, 0.3) is 0 Å². The third-order valence-corrected chi connectivity index (χ3v) is 2.59. The van der Waals surface area contributed by atoms with Crippen molar-refractivity contribution in [1.29, 1.82) is 0 Å². The van der Waals surface area contributed by atoms with Crippen molar-refractivity contribution in [3.05, 3.63) is 47.5 Å². The molecule has 0 heterocycles. The summed E-state index contributed by atoms with van der Waals surface area (Å²) in [6.07, 6.45) is 0.899. The van der Waals surface area contributed by atoms with E-state index in [-0.39, 0.29) is 12.1 Å². The molecule has 1 rings (SSSR count). The van der Waals surface area contributed by atoms with Crippen LogP contribution in [-0.4, -0.2) is 23.8 Å². The first-order valence-electron chi connectivity index (χ1n) is 6.08. The molecule has 1 unspecified atom stereocenters. The molecule has 0 saturated heterocycles. The second-order valence-corrected chi connectivity index (χ2v) is 4.49. The van der Waals surface area contributed by atoms with E-state index in [9.17, 15) is 9.90 Å². The average Bonchev–Trinajstić information content (AvgIpc) is 2.30. The molecule has 0 spiro atoms. The zero-order valence-electron chi connectivity index (χ0n) is 11.0. The number of esters is 1. The van der Waals surface area contributed by atoms with E-state index in [1.54, 1.807) is 13.8 Å². The van der Waals surface area contributed by atoms with Gasteiger partial charge in [0.25, 0.3) is 0 Å². The molecule has 0 aliphatic rings. The molecule has 0 amide bonds. The van der Waals surface area contributed by atoms with Gasteiger partial charge >= 0.3 is 5.97 Å². The van der Waals surface area contributed by atoms with E-state index >= 15 is 0 Å². The number of carbonyl (C=O) groups is 1. The van der Waals surface area contributed by atoms with E-state index in [4.69, 9.17) is 4.74 Å². The highest BCUT2D eigenvalue weighted by molar-refractivity contribution is 5.86. The van der Waals surface area contributed by atoms with Crippen LogP contribution in [0.3, 0.4) is 0 Å². The van der Waals surface area contributed by atoms with Gasteiger partial charge in [0.2, 0.25) is 0 Å². The molecule has 1 N–H and O–H groups in total. The van der Waals surface area contributed by atoms with Crippen molar-refractivity contribution in [2.75, 3.05) is 6.61 Å². The van der Waals surface area contributed by atoms with Gasteiger partial charge in [0.05, 0.1) is 12.7 Å². The lowest BCUT2D eigenvalue weighted by Crippen LogP contribution is -2.11. The number of benzene rings is 1. The van der Waals surface area contributed by atoms with E-state index in [1.807, 2.05) is 24.3 Å². The fraction of sp³-hybridized carbons (Fsp3) is 0.400. The molecule has 0 bridgehead atoms. The smallest absolute Gasteiger partial charge is 0.333 e. The number of hydrogen-bond acceptors (Lipinski definition) is 3. The van der Waals surface area contributed by atoms with Crippen LogP contribution < -0.4 is 0 Å². The third kappa shape index (κ3) is 4.72. The number of hydrogen-bond donors (Lipinski definition) is 1. The molecule has 3 heteroatoms. The Morgan fingerprint density at radius 3 is 2.56 bits per heavy atom. The van der Waals surface area contributed by atoms with Gasteiger partial charge in [0, 0.05) is 12.0 Å². The minimum absolute atomic E-state index is 0.336. The highest BCUT2D eigenvalue weighted by Crippen LogP contribution is 2.12. The van der Waals surface area contributed by atoms with Gasteiger partial charge in [0.15, 0.2) is 0 Å². The Hall–Kier alpha value is -1.61. The molecule has 0 radical (unpaired) electrons. The topological polar surface area (TPSA) is 46.5 Å². The van der Waals surface area contributed by atoms with Crippen molar-refractivity contribution in [3.8, 4) is 0 Å². The maximum atomic E-state index is 11.2. The van der Waals surface area contributed by atoms with Crippen molar-refractivity contribution >= 4 is 5.97 Å². The molecular formula is C15H20O3. The summed E-state index contributed by atoms with van der Waals surface area (Å²) in [5, 5.41) is 9.42. The first kappa shape index (κ1) is 14.5. The summed E-state index contributed by atoms with van der Waals surface area (Å²) in [7, 11) is 0. The summed E-state index contributed by atoms with van der Waals surface area (Å²) in [6, 6.07) is 7.87. The Bertz CT molecular complexity index is 422. The summed E-state index contributed by atoms with van der Waals surface area (Å²) in [5.41, 5.74) is 2.61. The molecule has 0 aliphatic carbocycles. The van der Waals surface area contributed by atoms with Gasteiger partial charge < -0.3 is 9.84 Å². The molecule has 0 aromatic heterocycles. The quantitative estimate of drug-likeness (QED) is 0.620. The molecule has 3 nitrogen and oxygen atoms in total. The van der Waals surface area contributed by atoms with Crippen molar-refractivity contribution < 1.29 is 14.6 Å². The number of carbonyl (C=O) groups excluding carboxylic acids is 1. The summed E-state index contributed by atoms with van der Waals surface area (Å²) >= 11 is 0. The largest absolute Gasteiger partial charge is 0.462 e. The molecule has 0 saturated carbocycles. The fourth-order valence-corrected chi connectivity index (χ4v) is 1.70. The Morgan fingerprint density at radius 1 is 1.39 bits per heavy atom. The standard InChI is InChI=1S/C15H20O3/c1-11(2)15(17)18-9-8-13-6-4-5-7-14(13)10-12(3)16/h4-7,12,16H,1,8-10H2,2-3H3. The van der Waals surface area contributed by atoms with Gasteiger partial charge in [0.1, 0.15) is 0 Å². The van der Waals surface area contributed by atoms with Crippen LogP contribution in [-0.2, 0) is 22.4 Å². The van der Waals surface area contributed by atoms with E-state index in [0.29, 0.717) is 25.0 Å². The van der Waals surface area contributed by atoms with Crippen LogP contribution in [0.1, 0.15) is 25.0 Å². The first-order chi connectivity index (χ1) is 8.50. The zero-order chi connectivity index (χ0) is 13.5. The number of ether oxygens (including phenoxy) is 1. The molecule has 0 fully saturated rings. The number of aliphatic hydroxyl groups is 1. The van der Waals surface area contributed by atoms with Crippen molar-refractivity contribution in [2.24, 2.45) is 0 Å². The molecule has 98 valence electrons. The molecule has 1 aromatic rings.